The summed E-state index contributed by atoms with van der Waals surface area (Å²) in [6.07, 6.45) is 3.42. The summed E-state index contributed by atoms with van der Waals surface area (Å²) in [7, 11) is 0. The zero-order chi connectivity index (χ0) is 18.1. The molecule has 0 bridgehead atoms. The maximum atomic E-state index is 11.7. The molecule has 0 fully saturated rings. The van der Waals surface area contributed by atoms with E-state index in [1.165, 1.54) is 23.9 Å². The van der Waals surface area contributed by atoms with E-state index in [1.807, 2.05) is 24.3 Å². The fraction of sp³-hybridized carbons (Fsp3) is 0.222. The second kappa shape index (κ2) is 9.17. The van der Waals surface area contributed by atoms with Gasteiger partial charge in [0.25, 0.3) is 11.6 Å². The van der Waals surface area contributed by atoms with Crippen molar-refractivity contribution in [3.8, 4) is 5.75 Å². The monoisotopic (exact) mass is 341 g/mol. The minimum absolute atomic E-state index is 0.0369. The lowest BCUT2D eigenvalue weighted by atomic mass is 10.1. The van der Waals surface area contributed by atoms with Gasteiger partial charge in [0.15, 0.2) is 6.61 Å². The highest BCUT2D eigenvalue weighted by molar-refractivity contribution is 5.83. The van der Waals surface area contributed by atoms with Gasteiger partial charge in [0.1, 0.15) is 5.75 Å². The van der Waals surface area contributed by atoms with Gasteiger partial charge in [0.2, 0.25) is 0 Å². The van der Waals surface area contributed by atoms with Gasteiger partial charge in [-0.05, 0) is 24.1 Å². The number of carbonyl (C=O) groups is 1. The van der Waals surface area contributed by atoms with E-state index < -0.39 is 10.8 Å². The molecule has 130 valence electrons. The zero-order valence-corrected chi connectivity index (χ0v) is 13.8. The third-order valence-electron chi connectivity index (χ3n) is 3.32. The average molecular weight is 341 g/mol. The number of hydrogen-bond acceptors (Lipinski definition) is 5. The van der Waals surface area contributed by atoms with Crippen molar-refractivity contribution < 1.29 is 14.5 Å². The van der Waals surface area contributed by atoms with Crippen molar-refractivity contribution in [3.63, 3.8) is 0 Å². The Kier molecular flexibility index (Phi) is 6.65. The summed E-state index contributed by atoms with van der Waals surface area (Å²) in [4.78, 5) is 21.9. The maximum absolute atomic E-state index is 11.7. The van der Waals surface area contributed by atoms with Crippen LogP contribution < -0.4 is 10.2 Å². The average Bonchev–Trinajstić information content (AvgIpc) is 2.61. The van der Waals surface area contributed by atoms with Gasteiger partial charge in [-0.1, -0.05) is 37.6 Å². The number of nitrogens with zero attached hydrogens (tertiary/aromatic N) is 2. The van der Waals surface area contributed by atoms with Crippen molar-refractivity contribution in [1.29, 1.82) is 0 Å². The van der Waals surface area contributed by atoms with Gasteiger partial charge in [-0.2, -0.15) is 5.10 Å². The number of aryl methyl sites for hydroxylation is 1. The number of nitrogens with one attached hydrogen (secondary N) is 1. The van der Waals surface area contributed by atoms with Crippen LogP contribution in [-0.2, 0) is 11.2 Å². The number of rotatable bonds is 8. The van der Waals surface area contributed by atoms with Crippen LogP contribution in [0.15, 0.2) is 53.6 Å². The van der Waals surface area contributed by atoms with Crippen molar-refractivity contribution in [3.05, 3.63) is 69.8 Å². The second-order valence-electron chi connectivity index (χ2n) is 5.33. The number of ether oxygens (including phenoxy) is 1. The Hall–Kier alpha value is -3.22. The molecule has 0 unspecified atom stereocenters. The fourth-order valence-corrected chi connectivity index (χ4v) is 2.12. The Labute approximate surface area is 145 Å². The van der Waals surface area contributed by atoms with Crippen LogP contribution in [-0.4, -0.2) is 23.7 Å². The van der Waals surface area contributed by atoms with Gasteiger partial charge in [-0.15, -0.1) is 0 Å². The summed E-state index contributed by atoms with van der Waals surface area (Å²) < 4.78 is 5.38. The van der Waals surface area contributed by atoms with Crippen LogP contribution >= 0.6 is 0 Å². The highest BCUT2D eigenvalue weighted by Crippen LogP contribution is 2.13. The molecule has 0 aromatic heterocycles. The van der Waals surface area contributed by atoms with Crippen LogP contribution in [0, 0.1) is 10.1 Å². The third kappa shape index (κ3) is 6.06. The Morgan fingerprint density at radius 1 is 1.28 bits per heavy atom. The van der Waals surface area contributed by atoms with Crippen molar-refractivity contribution in [1.82, 2.24) is 5.43 Å². The number of nitro groups is 1. The Bertz CT molecular complexity index is 757. The highest BCUT2D eigenvalue weighted by Gasteiger charge is 2.05. The molecule has 0 heterocycles. The van der Waals surface area contributed by atoms with Gasteiger partial charge in [0.05, 0.1) is 11.1 Å². The lowest BCUT2D eigenvalue weighted by Crippen LogP contribution is -2.24. The Balaban J connectivity index is 1.80. The predicted octanol–water partition coefficient (Wildman–Crippen LogP) is 3.08. The van der Waals surface area contributed by atoms with Crippen molar-refractivity contribution >= 4 is 17.8 Å². The van der Waals surface area contributed by atoms with Gasteiger partial charge < -0.3 is 4.74 Å². The summed E-state index contributed by atoms with van der Waals surface area (Å²) in [6, 6.07) is 13.5. The molecular weight excluding hydrogens is 322 g/mol. The number of carbonyl (C=O) groups excluding carboxylic acids is 1. The second-order valence-corrected chi connectivity index (χ2v) is 5.33. The van der Waals surface area contributed by atoms with Gasteiger partial charge in [-0.25, -0.2) is 5.43 Å². The van der Waals surface area contributed by atoms with Gasteiger partial charge in [0, 0.05) is 17.7 Å². The van der Waals surface area contributed by atoms with Gasteiger partial charge >= 0.3 is 0 Å². The normalized spacial score (nSPS) is 10.6. The number of non-ortho nitro benzene ring substituents is 1. The lowest BCUT2D eigenvalue weighted by molar-refractivity contribution is -0.384. The molecule has 2 aromatic rings. The van der Waals surface area contributed by atoms with Crippen LogP contribution in [0.1, 0.15) is 24.5 Å². The molecule has 1 amide bonds. The number of nitro benzene ring substituents is 1. The summed E-state index contributed by atoms with van der Waals surface area (Å²) in [6.45, 7) is 1.95. The molecule has 0 saturated carbocycles. The minimum atomic E-state index is -0.491. The lowest BCUT2D eigenvalue weighted by Gasteiger charge is -2.06. The van der Waals surface area contributed by atoms with E-state index in [0.29, 0.717) is 11.3 Å². The molecule has 2 rings (SSSR count). The molecule has 7 heteroatoms. The highest BCUT2D eigenvalue weighted by atomic mass is 16.6. The summed E-state index contributed by atoms with van der Waals surface area (Å²) >= 11 is 0. The molecule has 0 spiro atoms. The number of hydrazone groups is 1. The van der Waals surface area contributed by atoms with E-state index in [1.54, 1.807) is 12.1 Å². The maximum Gasteiger partial charge on any atom is 0.277 e. The molecule has 0 aliphatic heterocycles. The van der Waals surface area contributed by atoms with E-state index >= 15 is 0 Å². The van der Waals surface area contributed by atoms with Crippen LogP contribution in [0.5, 0.6) is 5.75 Å². The molecule has 7 nitrogen and oxygen atoms in total. The van der Waals surface area contributed by atoms with Crippen molar-refractivity contribution in [2.75, 3.05) is 6.61 Å². The quantitative estimate of drug-likeness (QED) is 0.453. The molecule has 1 N–H and O–H groups in total. The number of amides is 1. The van der Waals surface area contributed by atoms with Crippen molar-refractivity contribution in [2.45, 2.75) is 19.8 Å². The Morgan fingerprint density at radius 3 is 2.72 bits per heavy atom. The molecule has 0 aliphatic carbocycles. The number of benzene rings is 2. The van der Waals surface area contributed by atoms with E-state index in [9.17, 15) is 14.9 Å². The summed E-state index contributed by atoms with van der Waals surface area (Å²) in [5.41, 5.74) is 4.02. The molecule has 0 aliphatic rings. The molecule has 0 radical (unpaired) electrons. The summed E-state index contributed by atoms with van der Waals surface area (Å²) in [5.74, 6) is 0.192. The molecule has 2 aromatic carbocycles. The van der Waals surface area contributed by atoms with Crippen LogP contribution in [0.4, 0.5) is 5.69 Å². The topological polar surface area (TPSA) is 93.8 Å². The molecule has 25 heavy (non-hydrogen) atoms. The first-order valence-electron chi connectivity index (χ1n) is 7.86. The predicted molar refractivity (Wildman–Crippen MR) is 94.8 cm³/mol. The molecule has 0 atom stereocenters. The SMILES string of the molecule is CCCc1ccc(OCC(=O)N/N=C/c2cccc([N+](=O)[O-])c2)cc1. The first kappa shape index (κ1) is 18.1. The van der Waals surface area contributed by atoms with E-state index in [4.69, 9.17) is 4.74 Å². The van der Waals surface area contributed by atoms with Crippen LogP contribution in [0.25, 0.3) is 0 Å². The fourth-order valence-electron chi connectivity index (χ4n) is 2.12. The van der Waals surface area contributed by atoms with Crippen LogP contribution in [0.3, 0.4) is 0 Å². The van der Waals surface area contributed by atoms with Crippen molar-refractivity contribution in [2.24, 2.45) is 5.10 Å². The van der Waals surface area contributed by atoms with Crippen LogP contribution in [0.2, 0.25) is 0 Å². The first-order chi connectivity index (χ1) is 12.1. The molecular formula is C18H19N3O4. The van der Waals surface area contributed by atoms with E-state index in [2.05, 4.69) is 17.5 Å². The Morgan fingerprint density at radius 2 is 2.04 bits per heavy atom. The standard InChI is InChI=1S/C18H19N3O4/c1-2-4-14-7-9-17(10-8-14)25-13-18(22)20-19-12-15-5-3-6-16(11-15)21(23)24/h3,5-12H,2,4,13H2,1H3,(H,20,22)/b19-12+. The number of hydrogen-bond donors (Lipinski definition) is 1. The van der Waals surface area contributed by atoms with Gasteiger partial charge in [-0.3, -0.25) is 14.9 Å². The summed E-state index contributed by atoms with van der Waals surface area (Å²) in [5, 5.41) is 14.5. The van der Waals surface area contributed by atoms with E-state index in [-0.39, 0.29) is 12.3 Å². The zero-order valence-electron chi connectivity index (χ0n) is 13.8. The largest absolute Gasteiger partial charge is 0.484 e. The first-order valence-corrected chi connectivity index (χ1v) is 7.86. The molecule has 0 saturated heterocycles. The minimum Gasteiger partial charge on any atom is -0.484 e. The third-order valence-corrected chi connectivity index (χ3v) is 3.32. The van der Waals surface area contributed by atoms with E-state index in [0.717, 1.165) is 12.8 Å². The smallest absolute Gasteiger partial charge is 0.277 e.